The highest BCUT2D eigenvalue weighted by molar-refractivity contribution is 7.88. The van der Waals surface area contributed by atoms with E-state index in [1.165, 1.54) is 20.2 Å². The predicted octanol–water partition coefficient (Wildman–Crippen LogP) is 1.47. The van der Waals surface area contributed by atoms with E-state index < -0.39 is 16.1 Å². The number of benzene rings is 1. The van der Waals surface area contributed by atoms with Gasteiger partial charge in [-0.1, -0.05) is 12.1 Å². The normalized spacial score (nSPS) is 17.2. The summed E-state index contributed by atoms with van der Waals surface area (Å²) in [6.45, 7) is 3.41. The number of carbonyl (C=O) groups excluding carboxylic acids is 1. The van der Waals surface area contributed by atoms with Gasteiger partial charge in [0.2, 0.25) is 0 Å². The lowest BCUT2D eigenvalue weighted by molar-refractivity contribution is -0.112. The molecule has 6 nitrogen and oxygen atoms in total. The summed E-state index contributed by atoms with van der Waals surface area (Å²) in [4.78, 5) is 12.2. The molecule has 1 heterocycles. The second kappa shape index (κ2) is 5.09. The zero-order valence-electron chi connectivity index (χ0n) is 11.4. The molecule has 0 aromatic heterocycles. The topological polar surface area (TPSA) is 78.8 Å². The minimum atomic E-state index is -3.69. The molecule has 1 amide bonds. The van der Waals surface area contributed by atoms with Crippen LogP contribution in [0.3, 0.4) is 0 Å². The molecule has 106 valence electrons. The summed E-state index contributed by atoms with van der Waals surface area (Å²) in [5.41, 5.74) is 2.07. The van der Waals surface area contributed by atoms with E-state index in [9.17, 15) is 13.2 Å². The van der Waals surface area contributed by atoms with E-state index in [0.29, 0.717) is 5.69 Å². The average molecular weight is 293 g/mol. The van der Waals surface area contributed by atoms with Gasteiger partial charge in [-0.05, 0) is 31.5 Å². The highest BCUT2D eigenvalue weighted by Gasteiger charge is 2.25. The van der Waals surface area contributed by atoms with Gasteiger partial charge in [0.1, 0.15) is 0 Å². The van der Waals surface area contributed by atoms with Crippen LogP contribution in [0.15, 0.2) is 40.4 Å². The number of nitrogens with one attached hydrogen (secondary N) is 1. The lowest BCUT2D eigenvalue weighted by atomic mass is 10.1. The molecule has 20 heavy (non-hydrogen) atoms. The fourth-order valence-electron chi connectivity index (χ4n) is 1.77. The molecule has 1 aliphatic rings. The molecule has 2 rings (SSSR count). The largest absolute Gasteiger partial charge is 0.344 e. The molecular weight excluding hydrogens is 278 g/mol. The standard InChI is InChI=1S/C13H15N3O3S/c1-9-5-4-6-11(7-9)14-13(17)12-8-16(3)20(18,19)15-10(12)2/h4-8H,1-3H3,(H,14,17). The number of aryl methyl sites for hydroxylation is 1. The van der Waals surface area contributed by atoms with Crippen molar-refractivity contribution in [2.24, 2.45) is 4.40 Å². The van der Waals surface area contributed by atoms with Crippen molar-refractivity contribution in [3.8, 4) is 0 Å². The van der Waals surface area contributed by atoms with E-state index in [1.54, 1.807) is 6.07 Å². The third-order valence-electron chi connectivity index (χ3n) is 2.84. The molecular formula is C13H15N3O3S. The molecule has 0 unspecified atom stereocenters. The Morgan fingerprint density at radius 3 is 2.65 bits per heavy atom. The number of rotatable bonds is 2. The van der Waals surface area contributed by atoms with E-state index in [4.69, 9.17) is 0 Å². The van der Waals surface area contributed by atoms with Crippen LogP contribution in [0, 0.1) is 6.92 Å². The van der Waals surface area contributed by atoms with Crippen LogP contribution in [0.1, 0.15) is 12.5 Å². The molecule has 0 atom stereocenters. The summed E-state index contributed by atoms with van der Waals surface area (Å²) >= 11 is 0. The summed E-state index contributed by atoms with van der Waals surface area (Å²) in [5.74, 6) is -0.390. The number of hydrogen-bond acceptors (Lipinski definition) is 3. The number of nitrogens with zero attached hydrogens (tertiary/aromatic N) is 2. The van der Waals surface area contributed by atoms with Gasteiger partial charge in [-0.15, -0.1) is 4.40 Å². The molecule has 0 bridgehead atoms. The number of amides is 1. The fraction of sp³-hybridized carbons (Fsp3) is 0.231. The van der Waals surface area contributed by atoms with Crippen molar-refractivity contribution in [1.82, 2.24) is 4.31 Å². The van der Waals surface area contributed by atoms with E-state index in [0.717, 1.165) is 9.87 Å². The average Bonchev–Trinajstić information content (AvgIpc) is 2.33. The quantitative estimate of drug-likeness (QED) is 0.896. The molecule has 0 saturated heterocycles. The molecule has 1 aliphatic heterocycles. The smallest absolute Gasteiger partial charge is 0.322 e. The zero-order chi connectivity index (χ0) is 14.9. The molecule has 0 spiro atoms. The highest BCUT2D eigenvalue weighted by atomic mass is 32.2. The van der Waals surface area contributed by atoms with Crippen molar-refractivity contribution in [1.29, 1.82) is 0 Å². The van der Waals surface area contributed by atoms with Crippen molar-refractivity contribution in [3.05, 3.63) is 41.6 Å². The minimum Gasteiger partial charge on any atom is -0.322 e. The van der Waals surface area contributed by atoms with Gasteiger partial charge in [0.05, 0.1) is 11.3 Å². The van der Waals surface area contributed by atoms with Gasteiger partial charge in [-0.2, -0.15) is 8.42 Å². The van der Waals surface area contributed by atoms with Crippen molar-refractivity contribution < 1.29 is 13.2 Å². The summed E-state index contributed by atoms with van der Waals surface area (Å²) in [6, 6.07) is 7.34. The molecule has 1 aromatic carbocycles. The fourth-order valence-corrected chi connectivity index (χ4v) is 2.58. The van der Waals surface area contributed by atoms with Gasteiger partial charge in [0, 0.05) is 18.9 Å². The first-order chi connectivity index (χ1) is 9.29. The van der Waals surface area contributed by atoms with E-state index in [1.807, 2.05) is 25.1 Å². The molecule has 1 N–H and O–H groups in total. The number of anilines is 1. The Labute approximate surface area is 118 Å². The summed E-state index contributed by atoms with van der Waals surface area (Å²) < 4.78 is 27.5. The highest BCUT2D eigenvalue weighted by Crippen LogP contribution is 2.17. The van der Waals surface area contributed by atoms with E-state index in [-0.39, 0.29) is 11.3 Å². The molecule has 0 radical (unpaired) electrons. The van der Waals surface area contributed by atoms with Gasteiger partial charge < -0.3 is 5.32 Å². The molecule has 1 aromatic rings. The van der Waals surface area contributed by atoms with Gasteiger partial charge >= 0.3 is 10.2 Å². The summed E-state index contributed by atoms with van der Waals surface area (Å²) in [6.07, 6.45) is 1.27. The lowest BCUT2D eigenvalue weighted by Gasteiger charge is -2.19. The van der Waals surface area contributed by atoms with Crippen molar-refractivity contribution in [2.75, 3.05) is 12.4 Å². The lowest BCUT2D eigenvalue weighted by Crippen LogP contribution is -2.30. The maximum absolute atomic E-state index is 12.2. The van der Waals surface area contributed by atoms with Gasteiger partial charge in [0.25, 0.3) is 5.91 Å². The first-order valence-electron chi connectivity index (χ1n) is 5.94. The van der Waals surface area contributed by atoms with Gasteiger partial charge in [-0.3, -0.25) is 9.10 Å². The van der Waals surface area contributed by atoms with Crippen LogP contribution < -0.4 is 5.32 Å². The van der Waals surface area contributed by atoms with E-state index in [2.05, 4.69) is 9.71 Å². The van der Waals surface area contributed by atoms with Crippen LogP contribution in [0.25, 0.3) is 0 Å². The zero-order valence-corrected chi connectivity index (χ0v) is 12.2. The maximum atomic E-state index is 12.2. The number of carbonyl (C=O) groups is 1. The Balaban J connectivity index is 2.25. The first-order valence-corrected chi connectivity index (χ1v) is 7.34. The Morgan fingerprint density at radius 1 is 1.30 bits per heavy atom. The molecule has 7 heteroatoms. The SMILES string of the molecule is CC1=NS(=O)(=O)N(C)C=C1C(=O)Nc1cccc(C)c1. The van der Waals surface area contributed by atoms with Crippen molar-refractivity contribution in [3.63, 3.8) is 0 Å². The third kappa shape index (κ3) is 2.88. The van der Waals surface area contributed by atoms with Crippen molar-refractivity contribution in [2.45, 2.75) is 13.8 Å². The maximum Gasteiger partial charge on any atom is 0.344 e. The summed E-state index contributed by atoms with van der Waals surface area (Å²) in [7, 11) is -2.35. The molecule has 0 fully saturated rings. The van der Waals surface area contributed by atoms with Crippen LogP contribution in [0.5, 0.6) is 0 Å². The summed E-state index contributed by atoms with van der Waals surface area (Å²) in [5, 5.41) is 2.72. The van der Waals surface area contributed by atoms with Crippen LogP contribution >= 0.6 is 0 Å². The van der Waals surface area contributed by atoms with Crippen LogP contribution in [-0.4, -0.2) is 31.4 Å². The second-order valence-corrected chi connectivity index (χ2v) is 6.19. The van der Waals surface area contributed by atoms with Crippen LogP contribution in [0.2, 0.25) is 0 Å². The Kier molecular flexibility index (Phi) is 3.63. The first kappa shape index (κ1) is 14.3. The third-order valence-corrected chi connectivity index (χ3v) is 4.18. The van der Waals surface area contributed by atoms with E-state index >= 15 is 0 Å². The second-order valence-electron chi connectivity index (χ2n) is 4.54. The Bertz CT molecular complexity index is 720. The van der Waals surface area contributed by atoms with Crippen LogP contribution in [-0.2, 0) is 15.0 Å². The van der Waals surface area contributed by atoms with Gasteiger partial charge in [0.15, 0.2) is 0 Å². The molecule has 0 aliphatic carbocycles. The Hall–Kier alpha value is -2.15. The van der Waals surface area contributed by atoms with Crippen LogP contribution in [0.4, 0.5) is 5.69 Å². The predicted molar refractivity (Wildman–Crippen MR) is 77.7 cm³/mol. The monoisotopic (exact) mass is 293 g/mol. The molecule has 0 saturated carbocycles. The van der Waals surface area contributed by atoms with Gasteiger partial charge in [-0.25, -0.2) is 0 Å². The van der Waals surface area contributed by atoms with Crippen molar-refractivity contribution >= 4 is 27.5 Å². The minimum absolute atomic E-state index is 0.174. The number of hydrogen-bond donors (Lipinski definition) is 1. The Morgan fingerprint density at radius 2 is 2.00 bits per heavy atom.